The van der Waals surface area contributed by atoms with Gasteiger partial charge in [0.2, 0.25) is 0 Å². The zero-order valence-corrected chi connectivity index (χ0v) is 19.0. The summed E-state index contributed by atoms with van der Waals surface area (Å²) in [5.74, 6) is 1.35. The zero-order chi connectivity index (χ0) is 23.6. The number of halogens is 1. The van der Waals surface area contributed by atoms with E-state index < -0.39 is 0 Å². The van der Waals surface area contributed by atoms with Crippen LogP contribution < -0.4 is 10.6 Å². The number of nitrogens with one attached hydrogen (secondary N) is 1. The first-order valence-corrected chi connectivity index (χ1v) is 12.0. The Balaban J connectivity index is 1.18. The molecule has 0 bridgehead atoms. The van der Waals surface area contributed by atoms with Gasteiger partial charge in [0.1, 0.15) is 22.8 Å². The molecule has 7 rings (SSSR count). The molecular weight excluding hydrogens is 441 g/mol. The summed E-state index contributed by atoms with van der Waals surface area (Å²) in [4.78, 5) is 16.3. The van der Waals surface area contributed by atoms with Crippen molar-refractivity contribution in [2.75, 3.05) is 24.5 Å². The van der Waals surface area contributed by atoms with Crippen LogP contribution in [0, 0.1) is 17.7 Å². The van der Waals surface area contributed by atoms with Crippen LogP contribution in [0.2, 0.25) is 0 Å². The van der Waals surface area contributed by atoms with Crippen molar-refractivity contribution < 1.29 is 4.39 Å². The van der Waals surface area contributed by atoms with Gasteiger partial charge in [-0.1, -0.05) is 36.4 Å². The Morgan fingerprint density at radius 3 is 2.89 bits per heavy atom. The van der Waals surface area contributed by atoms with Gasteiger partial charge in [-0.25, -0.2) is 14.4 Å². The lowest BCUT2D eigenvalue weighted by atomic mass is 9.91. The summed E-state index contributed by atoms with van der Waals surface area (Å²) in [7, 11) is 0. The lowest BCUT2D eigenvalue weighted by Crippen LogP contribution is -2.32. The van der Waals surface area contributed by atoms with Gasteiger partial charge >= 0.3 is 0 Å². The first-order chi connectivity index (χ1) is 17.2. The van der Waals surface area contributed by atoms with Gasteiger partial charge in [-0.15, -0.1) is 0 Å². The summed E-state index contributed by atoms with van der Waals surface area (Å²) in [6.45, 7) is 2.08. The molecule has 2 fully saturated rings. The molecule has 1 aliphatic heterocycles. The van der Waals surface area contributed by atoms with Crippen molar-refractivity contribution in [2.45, 2.75) is 11.8 Å². The van der Waals surface area contributed by atoms with Crippen LogP contribution in [0.15, 0.2) is 67.0 Å². The fraction of sp³-hybridized carbons (Fsp3) is 0.259. The lowest BCUT2D eigenvalue weighted by molar-refractivity contribution is 0.533. The number of hydrogen-bond donors (Lipinski definition) is 2. The second kappa shape index (κ2) is 7.55. The van der Waals surface area contributed by atoms with Crippen LogP contribution >= 0.6 is 0 Å². The van der Waals surface area contributed by atoms with E-state index in [1.54, 1.807) is 12.3 Å². The highest BCUT2D eigenvalue weighted by Crippen LogP contribution is 2.63. The highest BCUT2D eigenvalue weighted by molar-refractivity contribution is 5.91. The quantitative estimate of drug-likeness (QED) is 0.416. The topological polar surface area (TPSA) is 96.6 Å². The molecule has 2 aromatic carbocycles. The normalized spacial score (nSPS) is 23.5. The Hall–Kier alpha value is -3.91. The minimum absolute atomic E-state index is 0.158. The number of aromatic nitrogens is 5. The number of fused-ring (bicyclic) bond motifs is 3. The Labute approximate surface area is 201 Å². The molecule has 3 aromatic heterocycles. The molecule has 2 aliphatic rings. The molecule has 5 aromatic rings. The van der Waals surface area contributed by atoms with Crippen molar-refractivity contribution in [2.24, 2.45) is 17.6 Å². The standard InChI is InChI=1S/C27H24FN7/c28-21-6-2-1-5-19(21)27(15-29)18-9-11-35(14-20(18)27)23-13-31-25-24(33-34-26(25)32-23)17-8-7-16-4-3-10-30-22(16)12-17/h1-8,10,12-13,18,20H,9,11,14-15,29H2,(H,32,33,34)/t18-,20+,27-/m1/s1. The van der Waals surface area contributed by atoms with Gasteiger partial charge in [0, 0.05) is 42.2 Å². The van der Waals surface area contributed by atoms with Crippen LogP contribution in [0.25, 0.3) is 33.3 Å². The number of nitrogens with two attached hydrogens (primary N) is 1. The first kappa shape index (κ1) is 20.5. The lowest BCUT2D eigenvalue weighted by Gasteiger charge is -2.26. The van der Waals surface area contributed by atoms with Crippen LogP contribution in [0.1, 0.15) is 12.0 Å². The average molecular weight is 466 g/mol. The van der Waals surface area contributed by atoms with E-state index in [-0.39, 0.29) is 11.2 Å². The maximum absolute atomic E-state index is 14.7. The van der Waals surface area contributed by atoms with E-state index in [0.717, 1.165) is 58.6 Å². The number of piperidine rings is 1. The van der Waals surface area contributed by atoms with Crippen molar-refractivity contribution in [3.63, 3.8) is 0 Å². The van der Waals surface area contributed by atoms with Crippen LogP contribution in [0.3, 0.4) is 0 Å². The summed E-state index contributed by atoms with van der Waals surface area (Å²) >= 11 is 0. The van der Waals surface area contributed by atoms with E-state index in [1.807, 2.05) is 48.7 Å². The third-order valence-electron chi connectivity index (χ3n) is 8.00. The predicted octanol–water partition coefficient (Wildman–Crippen LogP) is 4.06. The second-order valence-electron chi connectivity index (χ2n) is 9.58. The molecule has 0 amide bonds. The van der Waals surface area contributed by atoms with Crippen molar-refractivity contribution >= 4 is 27.9 Å². The fourth-order valence-electron chi connectivity index (χ4n) is 6.20. The third kappa shape index (κ3) is 2.99. The van der Waals surface area contributed by atoms with E-state index in [0.29, 0.717) is 24.0 Å². The SMILES string of the molecule is NC[C@]1(c2ccccc2F)[C@@H]2CCN(c3cnc4c(-c5ccc6cccnc6c5)n[nH]c4n3)C[C@@H]21. The molecule has 3 N–H and O–H groups in total. The molecule has 1 aliphatic carbocycles. The van der Waals surface area contributed by atoms with Crippen LogP contribution in [0.4, 0.5) is 10.2 Å². The summed E-state index contributed by atoms with van der Waals surface area (Å²) < 4.78 is 14.7. The molecule has 0 unspecified atom stereocenters. The number of rotatable bonds is 4. The number of hydrogen-bond acceptors (Lipinski definition) is 6. The molecule has 3 atom stereocenters. The molecule has 0 spiro atoms. The third-order valence-corrected chi connectivity index (χ3v) is 8.00. The van der Waals surface area contributed by atoms with E-state index in [2.05, 4.69) is 20.1 Å². The van der Waals surface area contributed by atoms with Gasteiger partial charge in [-0.3, -0.25) is 10.1 Å². The molecule has 1 saturated carbocycles. The van der Waals surface area contributed by atoms with E-state index >= 15 is 0 Å². The Morgan fingerprint density at radius 2 is 2.00 bits per heavy atom. The van der Waals surface area contributed by atoms with Crippen molar-refractivity contribution in [3.8, 4) is 11.3 Å². The number of anilines is 1. The highest BCUT2D eigenvalue weighted by atomic mass is 19.1. The first-order valence-electron chi connectivity index (χ1n) is 12.0. The minimum atomic E-state index is -0.289. The Kier molecular flexibility index (Phi) is 4.41. The van der Waals surface area contributed by atoms with Crippen LogP contribution in [0.5, 0.6) is 0 Å². The highest BCUT2D eigenvalue weighted by Gasteiger charge is 2.66. The van der Waals surface area contributed by atoms with Gasteiger partial charge in [0.15, 0.2) is 5.65 Å². The van der Waals surface area contributed by atoms with Crippen molar-refractivity contribution in [3.05, 3.63) is 78.4 Å². The van der Waals surface area contributed by atoms with Crippen molar-refractivity contribution in [1.29, 1.82) is 0 Å². The predicted molar refractivity (Wildman–Crippen MR) is 133 cm³/mol. The summed E-state index contributed by atoms with van der Waals surface area (Å²) in [5, 5.41) is 8.65. The van der Waals surface area contributed by atoms with E-state index in [4.69, 9.17) is 15.7 Å². The maximum atomic E-state index is 14.7. The minimum Gasteiger partial charge on any atom is -0.355 e. The molecular formula is C27H24FN7. The summed E-state index contributed by atoms with van der Waals surface area (Å²) in [6.07, 6.45) is 4.56. The maximum Gasteiger partial charge on any atom is 0.177 e. The van der Waals surface area contributed by atoms with Crippen molar-refractivity contribution in [1.82, 2.24) is 25.1 Å². The zero-order valence-electron chi connectivity index (χ0n) is 19.0. The number of nitrogens with zero attached hydrogens (tertiary/aromatic N) is 5. The van der Waals surface area contributed by atoms with E-state index in [1.165, 1.54) is 6.07 Å². The average Bonchev–Trinajstić information content (AvgIpc) is 3.36. The Bertz CT molecular complexity index is 1580. The monoisotopic (exact) mass is 465 g/mol. The van der Waals surface area contributed by atoms with Crippen LogP contribution in [-0.4, -0.2) is 44.8 Å². The fourth-order valence-corrected chi connectivity index (χ4v) is 6.20. The molecule has 7 nitrogen and oxygen atoms in total. The summed E-state index contributed by atoms with van der Waals surface area (Å²) in [6, 6.07) is 17.1. The smallest absolute Gasteiger partial charge is 0.177 e. The van der Waals surface area contributed by atoms with Gasteiger partial charge in [0.25, 0.3) is 0 Å². The van der Waals surface area contributed by atoms with Gasteiger partial charge in [-0.05, 0) is 42.0 Å². The number of H-pyrrole nitrogens is 1. The molecule has 0 radical (unpaired) electrons. The molecule has 1 saturated heterocycles. The van der Waals surface area contributed by atoms with E-state index in [9.17, 15) is 4.39 Å². The van der Waals surface area contributed by atoms with Gasteiger partial charge < -0.3 is 10.6 Å². The Morgan fingerprint density at radius 1 is 1.09 bits per heavy atom. The number of pyridine rings is 1. The van der Waals surface area contributed by atoms with Gasteiger partial charge in [-0.2, -0.15) is 5.10 Å². The van der Waals surface area contributed by atoms with Gasteiger partial charge in [0.05, 0.1) is 11.7 Å². The molecule has 174 valence electrons. The summed E-state index contributed by atoms with van der Waals surface area (Å²) in [5.41, 5.74) is 10.7. The molecule has 8 heteroatoms. The largest absolute Gasteiger partial charge is 0.355 e. The molecule has 4 heterocycles. The number of benzene rings is 2. The molecule has 35 heavy (non-hydrogen) atoms. The van der Waals surface area contributed by atoms with Crippen LogP contribution in [-0.2, 0) is 5.41 Å². The second-order valence-corrected chi connectivity index (χ2v) is 9.58. The number of aromatic amines is 1.